The Kier molecular flexibility index (Phi) is 9.37. The number of hydrogen-bond donors (Lipinski definition) is 1. The van der Waals surface area contributed by atoms with Crippen LogP contribution >= 0.6 is 0 Å². The van der Waals surface area contributed by atoms with Crippen LogP contribution in [0, 0.1) is 5.82 Å². The fourth-order valence-electron chi connectivity index (χ4n) is 5.86. The number of rotatable bonds is 9. The number of benzene rings is 2. The van der Waals surface area contributed by atoms with E-state index in [1.165, 1.54) is 12.0 Å². The zero-order valence-electron chi connectivity index (χ0n) is 24.1. The predicted octanol–water partition coefficient (Wildman–Crippen LogP) is 3.67. The van der Waals surface area contributed by atoms with Crippen molar-refractivity contribution in [1.82, 2.24) is 20.0 Å². The third-order valence-electron chi connectivity index (χ3n) is 8.27. The van der Waals surface area contributed by atoms with E-state index in [0.29, 0.717) is 12.5 Å². The molecule has 3 aliphatic rings. The van der Waals surface area contributed by atoms with Gasteiger partial charge in [-0.2, -0.15) is 0 Å². The molecule has 2 heterocycles. The first kappa shape index (κ1) is 29.9. The normalized spacial score (nSPS) is 23.0. The lowest BCUT2D eigenvalue weighted by molar-refractivity contribution is -0.143. The first-order chi connectivity index (χ1) is 20.3. The molecule has 2 saturated heterocycles. The standard InChI is InChI=1S/C31H38F2N4O5/c1-3-42-31(40)36-13-12-35(19-29(38)41-2)18-28(36)37-17-24(32)15-27(37)30(39)34-16-20-4-6-21(7-5-20)23-10-11-25(22-8-9-22)26(33)14-23/h4-7,10-11,14,22,24,27-28H,3,8-9,12-13,15-19H2,1-2H3,(H,34,39). The lowest BCUT2D eigenvalue weighted by atomic mass is 10.0. The van der Waals surface area contributed by atoms with Crippen LogP contribution in [0.25, 0.3) is 11.1 Å². The van der Waals surface area contributed by atoms with Crippen LogP contribution in [0.2, 0.25) is 0 Å². The number of piperazine rings is 1. The maximum Gasteiger partial charge on any atom is 0.411 e. The van der Waals surface area contributed by atoms with E-state index >= 15 is 0 Å². The van der Waals surface area contributed by atoms with Crippen LogP contribution in [0.5, 0.6) is 0 Å². The summed E-state index contributed by atoms with van der Waals surface area (Å²) in [5, 5.41) is 2.92. The highest BCUT2D eigenvalue weighted by Gasteiger charge is 2.46. The molecule has 11 heteroatoms. The summed E-state index contributed by atoms with van der Waals surface area (Å²) in [5.41, 5.74) is 3.30. The van der Waals surface area contributed by atoms with Crippen LogP contribution in [0.15, 0.2) is 42.5 Å². The van der Waals surface area contributed by atoms with Gasteiger partial charge in [-0.05, 0) is 54.0 Å². The number of nitrogens with zero attached hydrogens (tertiary/aromatic N) is 3. The molecule has 0 bridgehead atoms. The summed E-state index contributed by atoms with van der Waals surface area (Å²) >= 11 is 0. The van der Waals surface area contributed by atoms with Crippen LogP contribution in [-0.2, 0) is 25.6 Å². The number of carbonyl (C=O) groups is 3. The van der Waals surface area contributed by atoms with Gasteiger partial charge in [-0.1, -0.05) is 36.4 Å². The quantitative estimate of drug-likeness (QED) is 0.450. The lowest BCUT2D eigenvalue weighted by Crippen LogP contribution is -2.64. The van der Waals surface area contributed by atoms with Gasteiger partial charge in [0.05, 0.1) is 26.3 Å². The summed E-state index contributed by atoms with van der Waals surface area (Å²) in [6.45, 7) is 3.06. The molecule has 0 aromatic heterocycles. The van der Waals surface area contributed by atoms with E-state index in [4.69, 9.17) is 9.47 Å². The number of carbonyl (C=O) groups excluding carboxylic acids is 3. The molecule has 2 aromatic rings. The van der Waals surface area contributed by atoms with Gasteiger partial charge in [-0.3, -0.25) is 24.3 Å². The molecule has 1 N–H and O–H groups in total. The Labute approximate surface area is 244 Å². The summed E-state index contributed by atoms with van der Waals surface area (Å²) in [4.78, 5) is 43.1. The van der Waals surface area contributed by atoms with Gasteiger partial charge in [0.1, 0.15) is 18.2 Å². The van der Waals surface area contributed by atoms with Gasteiger partial charge in [0.15, 0.2) is 0 Å². The van der Waals surface area contributed by atoms with E-state index in [9.17, 15) is 23.2 Å². The largest absolute Gasteiger partial charge is 0.468 e. The number of likely N-dealkylation sites (tertiary alicyclic amines) is 1. The van der Waals surface area contributed by atoms with E-state index in [0.717, 1.165) is 35.1 Å². The number of halogens is 2. The second kappa shape index (κ2) is 13.2. The number of hydrogen-bond acceptors (Lipinski definition) is 7. The second-order valence-corrected chi connectivity index (χ2v) is 11.2. The van der Waals surface area contributed by atoms with E-state index in [2.05, 4.69) is 5.32 Å². The predicted molar refractivity (Wildman–Crippen MR) is 152 cm³/mol. The van der Waals surface area contributed by atoms with Crippen LogP contribution in [0.4, 0.5) is 13.6 Å². The van der Waals surface area contributed by atoms with Crippen molar-refractivity contribution in [3.8, 4) is 11.1 Å². The minimum atomic E-state index is -1.24. The molecule has 1 saturated carbocycles. The molecule has 2 amide bonds. The number of alkyl halides is 1. The number of amides is 2. The van der Waals surface area contributed by atoms with E-state index in [-0.39, 0.29) is 57.5 Å². The highest BCUT2D eigenvalue weighted by atomic mass is 19.1. The molecular weight excluding hydrogens is 546 g/mol. The van der Waals surface area contributed by atoms with E-state index < -0.39 is 30.4 Å². The molecule has 3 atom stereocenters. The van der Waals surface area contributed by atoms with Crippen molar-refractivity contribution < 1.29 is 32.6 Å². The first-order valence-corrected chi connectivity index (χ1v) is 14.6. The number of methoxy groups -OCH3 is 1. The molecule has 1 aliphatic carbocycles. The fourth-order valence-corrected chi connectivity index (χ4v) is 5.86. The first-order valence-electron chi connectivity index (χ1n) is 14.6. The molecule has 9 nitrogen and oxygen atoms in total. The number of ether oxygens (including phenoxy) is 2. The van der Waals surface area contributed by atoms with E-state index in [1.54, 1.807) is 17.9 Å². The Morgan fingerprint density at radius 2 is 1.76 bits per heavy atom. The Hall–Kier alpha value is -3.57. The Morgan fingerprint density at radius 1 is 1.02 bits per heavy atom. The van der Waals surface area contributed by atoms with Crippen LogP contribution < -0.4 is 5.32 Å². The van der Waals surface area contributed by atoms with Crippen LogP contribution in [0.1, 0.15) is 43.2 Å². The molecular formula is C31H38F2N4O5. The van der Waals surface area contributed by atoms with Gasteiger partial charge < -0.3 is 14.8 Å². The summed E-state index contributed by atoms with van der Waals surface area (Å²) in [6.07, 6.45) is -0.350. The van der Waals surface area contributed by atoms with Gasteiger partial charge in [0.2, 0.25) is 5.91 Å². The van der Waals surface area contributed by atoms with Gasteiger partial charge in [-0.15, -0.1) is 0 Å². The topological polar surface area (TPSA) is 91.4 Å². The van der Waals surface area contributed by atoms with Crippen LogP contribution in [0.3, 0.4) is 0 Å². The van der Waals surface area contributed by atoms with Gasteiger partial charge in [0, 0.05) is 39.1 Å². The Bertz CT molecular complexity index is 1290. The maximum absolute atomic E-state index is 14.8. The zero-order valence-corrected chi connectivity index (χ0v) is 24.1. The summed E-state index contributed by atoms with van der Waals surface area (Å²) in [5.74, 6) is -0.583. The maximum atomic E-state index is 14.8. The number of nitrogens with one attached hydrogen (secondary N) is 1. The monoisotopic (exact) mass is 584 g/mol. The van der Waals surface area contributed by atoms with Crippen molar-refractivity contribution in [3.63, 3.8) is 0 Å². The minimum Gasteiger partial charge on any atom is -0.468 e. The highest BCUT2D eigenvalue weighted by molar-refractivity contribution is 5.82. The summed E-state index contributed by atoms with van der Waals surface area (Å²) < 4.78 is 39.3. The number of esters is 1. The molecule has 0 radical (unpaired) electrons. The highest BCUT2D eigenvalue weighted by Crippen LogP contribution is 2.42. The summed E-state index contributed by atoms with van der Waals surface area (Å²) in [7, 11) is 1.31. The fraction of sp³-hybridized carbons (Fsp3) is 0.516. The summed E-state index contributed by atoms with van der Waals surface area (Å²) in [6, 6.07) is 12.1. The second-order valence-electron chi connectivity index (χ2n) is 11.2. The molecule has 3 unspecified atom stereocenters. The van der Waals surface area contributed by atoms with Gasteiger partial charge in [0.25, 0.3) is 0 Å². The molecule has 2 aliphatic heterocycles. The van der Waals surface area contributed by atoms with Crippen LogP contribution in [-0.4, -0.2) is 97.5 Å². The van der Waals surface area contributed by atoms with Crippen molar-refractivity contribution >= 4 is 18.0 Å². The average Bonchev–Trinajstić information content (AvgIpc) is 3.76. The van der Waals surface area contributed by atoms with Crippen molar-refractivity contribution in [3.05, 3.63) is 59.4 Å². The van der Waals surface area contributed by atoms with Crippen molar-refractivity contribution in [2.24, 2.45) is 0 Å². The molecule has 0 spiro atoms. The average molecular weight is 585 g/mol. The molecule has 2 aromatic carbocycles. The van der Waals surface area contributed by atoms with Crippen molar-refractivity contribution in [1.29, 1.82) is 0 Å². The van der Waals surface area contributed by atoms with Crippen molar-refractivity contribution in [2.75, 3.05) is 46.4 Å². The van der Waals surface area contributed by atoms with Gasteiger partial charge >= 0.3 is 12.1 Å². The molecule has 226 valence electrons. The van der Waals surface area contributed by atoms with Crippen molar-refractivity contribution in [2.45, 2.75) is 57.0 Å². The molecule has 42 heavy (non-hydrogen) atoms. The zero-order chi connectivity index (χ0) is 29.8. The third kappa shape index (κ3) is 6.90. The molecule has 3 fully saturated rings. The minimum absolute atomic E-state index is 0.00262. The van der Waals surface area contributed by atoms with E-state index in [1.807, 2.05) is 41.3 Å². The van der Waals surface area contributed by atoms with Gasteiger partial charge in [-0.25, -0.2) is 13.6 Å². The third-order valence-corrected chi connectivity index (χ3v) is 8.27. The Balaban J connectivity index is 1.24. The SMILES string of the molecule is CCOC(=O)N1CCN(CC(=O)OC)CC1N1CC(F)CC1C(=O)NCc1ccc(-c2ccc(C3CC3)c(F)c2)cc1. The lowest BCUT2D eigenvalue weighted by Gasteiger charge is -2.45. The smallest absolute Gasteiger partial charge is 0.411 e. The Morgan fingerprint density at radius 3 is 2.43 bits per heavy atom. The molecule has 5 rings (SSSR count).